The minimum Gasteiger partial charge on any atom is -0.507 e. The third-order valence-electron chi connectivity index (χ3n) is 2.69. The van der Waals surface area contributed by atoms with Crippen LogP contribution in [0.15, 0.2) is 48.5 Å². The number of phenolic OH excluding ortho intramolecular Hbond substituents is 1. The zero-order valence-electron chi connectivity index (χ0n) is 11.3. The highest BCUT2D eigenvalue weighted by molar-refractivity contribution is 6.01. The van der Waals surface area contributed by atoms with Crippen molar-refractivity contribution in [1.29, 1.82) is 0 Å². The first-order chi connectivity index (χ1) is 10.1. The lowest BCUT2D eigenvalue weighted by Crippen LogP contribution is -2.19. The number of benzene rings is 2. The van der Waals surface area contributed by atoms with Crippen molar-refractivity contribution in [1.82, 2.24) is 0 Å². The van der Waals surface area contributed by atoms with Crippen LogP contribution in [0.25, 0.3) is 0 Å². The maximum atomic E-state index is 11.8. The van der Waals surface area contributed by atoms with Crippen LogP contribution in [-0.4, -0.2) is 24.2 Å². The molecule has 3 N–H and O–H groups in total. The number of hydrogen-bond donors (Lipinski definition) is 3. The van der Waals surface area contributed by atoms with Crippen LogP contribution in [0.2, 0.25) is 0 Å². The molecule has 0 saturated carbocycles. The summed E-state index contributed by atoms with van der Waals surface area (Å²) in [6, 6.07) is 12.6. The molecule has 2 amide bonds. The van der Waals surface area contributed by atoms with Gasteiger partial charge in [0.05, 0.1) is 7.11 Å². The number of para-hydroxylation sites is 1. The van der Waals surface area contributed by atoms with Gasteiger partial charge < -0.3 is 20.5 Å². The quantitative estimate of drug-likeness (QED) is 0.598. The second kappa shape index (κ2) is 6.42. The van der Waals surface area contributed by atoms with E-state index in [4.69, 9.17) is 0 Å². The Bertz CT molecular complexity index is 656. The van der Waals surface area contributed by atoms with Gasteiger partial charge in [-0.1, -0.05) is 18.2 Å². The summed E-state index contributed by atoms with van der Waals surface area (Å²) < 4.78 is 4.55. The van der Waals surface area contributed by atoms with E-state index in [2.05, 4.69) is 15.4 Å². The van der Waals surface area contributed by atoms with E-state index in [-0.39, 0.29) is 11.3 Å². The molecule has 0 bridgehead atoms. The molecule has 0 spiro atoms. The fraction of sp³-hybridized carbons (Fsp3) is 0.0667. The van der Waals surface area contributed by atoms with Gasteiger partial charge in [-0.2, -0.15) is 0 Å². The van der Waals surface area contributed by atoms with Crippen LogP contribution in [-0.2, 0) is 4.74 Å². The molecule has 6 heteroatoms. The third kappa shape index (κ3) is 3.73. The molecule has 0 aromatic heterocycles. The molecule has 0 aliphatic heterocycles. The normalized spacial score (nSPS) is 9.76. The maximum Gasteiger partial charge on any atom is 0.341 e. The number of hydrogen-bond acceptors (Lipinski definition) is 4. The van der Waals surface area contributed by atoms with Gasteiger partial charge in [0, 0.05) is 11.4 Å². The Labute approximate surface area is 121 Å². The maximum absolute atomic E-state index is 11.8. The number of carbonyl (C=O) groups excluding carboxylic acids is 2. The molecule has 0 unspecified atom stereocenters. The zero-order chi connectivity index (χ0) is 15.2. The van der Waals surface area contributed by atoms with Crippen LogP contribution in [0.4, 0.5) is 16.2 Å². The summed E-state index contributed by atoms with van der Waals surface area (Å²) >= 11 is 0. The van der Waals surface area contributed by atoms with Crippen molar-refractivity contribution in [3.05, 3.63) is 54.1 Å². The highest BCUT2D eigenvalue weighted by Crippen LogP contribution is 2.22. The lowest BCUT2D eigenvalue weighted by Gasteiger charge is -2.09. The van der Waals surface area contributed by atoms with E-state index in [1.807, 2.05) is 6.07 Å². The number of phenols is 1. The van der Waals surface area contributed by atoms with Crippen molar-refractivity contribution >= 4 is 23.4 Å². The van der Waals surface area contributed by atoms with E-state index < -0.39 is 12.0 Å². The monoisotopic (exact) mass is 286 g/mol. The molecule has 2 aromatic rings. The molecule has 0 aliphatic rings. The van der Waals surface area contributed by atoms with Crippen molar-refractivity contribution in [2.75, 3.05) is 17.7 Å². The number of rotatable bonds is 3. The van der Waals surface area contributed by atoms with E-state index in [9.17, 15) is 14.7 Å². The van der Waals surface area contributed by atoms with E-state index in [0.717, 1.165) is 0 Å². The number of anilines is 2. The summed E-state index contributed by atoms with van der Waals surface area (Å²) in [7, 11) is 1.21. The number of urea groups is 1. The topological polar surface area (TPSA) is 87.7 Å². The molecule has 108 valence electrons. The second-order valence-corrected chi connectivity index (χ2v) is 4.17. The molecule has 21 heavy (non-hydrogen) atoms. The first-order valence-electron chi connectivity index (χ1n) is 6.14. The first kappa shape index (κ1) is 14.4. The van der Waals surface area contributed by atoms with Crippen molar-refractivity contribution in [3.63, 3.8) is 0 Å². The highest BCUT2D eigenvalue weighted by Gasteiger charge is 2.13. The minimum absolute atomic E-state index is 0.0185. The lowest BCUT2D eigenvalue weighted by atomic mass is 10.2. The molecule has 0 heterocycles. The van der Waals surface area contributed by atoms with Gasteiger partial charge in [0.15, 0.2) is 0 Å². The molecule has 0 aliphatic carbocycles. The summed E-state index contributed by atoms with van der Waals surface area (Å²) in [5, 5.41) is 14.8. The SMILES string of the molecule is COC(=O)c1cc(NC(=O)Nc2ccccc2)ccc1O. The third-order valence-corrected chi connectivity index (χ3v) is 2.69. The Morgan fingerprint density at radius 2 is 1.67 bits per heavy atom. The van der Waals surface area contributed by atoms with Crippen LogP contribution < -0.4 is 10.6 Å². The average molecular weight is 286 g/mol. The molecule has 0 radical (unpaired) electrons. The van der Waals surface area contributed by atoms with Crippen molar-refractivity contribution < 1.29 is 19.4 Å². The standard InChI is InChI=1S/C15H14N2O4/c1-21-14(19)12-9-11(7-8-13(12)18)17-15(20)16-10-5-3-2-4-6-10/h2-9,18H,1H3,(H2,16,17,20). The Morgan fingerprint density at radius 3 is 2.33 bits per heavy atom. The van der Waals surface area contributed by atoms with Crippen LogP contribution >= 0.6 is 0 Å². The van der Waals surface area contributed by atoms with Crippen LogP contribution in [0.5, 0.6) is 5.75 Å². The molecule has 0 fully saturated rings. The summed E-state index contributed by atoms with van der Waals surface area (Å²) in [6.45, 7) is 0. The van der Waals surface area contributed by atoms with Gasteiger partial charge in [-0.05, 0) is 30.3 Å². The molecule has 2 rings (SSSR count). The Balaban J connectivity index is 2.09. The van der Waals surface area contributed by atoms with E-state index in [1.165, 1.54) is 25.3 Å². The predicted octanol–water partition coefficient (Wildman–Crippen LogP) is 2.82. The molecule has 0 saturated heterocycles. The first-order valence-corrected chi connectivity index (χ1v) is 6.14. The van der Waals surface area contributed by atoms with Gasteiger partial charge in [-0.25, -0.2) is 9.59 Å². The Kier molecular flexibility index (Phi) is 4.40. The molecule has 6 nitrogen and oxygen atoms in total. The number of carbonyl (C=O) groups is 2. The number of amides is 2. The molecule has 2 aromatic carbocycles. The van der Waals surface area contributed by atoms with E-state index >= 15 is 0 Å². The van der Waals surface area contributed by atoms with Crippen LogP contribution in [0.1, 0.15) is 10.4 Å². The molecular formula is C15H14N2O4. The largest absolute Gasteiger partial charge is 0.507 e. The number of esters is 1. The van der Waals surface area contributed by atoms with Gasteiger partial charge in [0.1, 0.15) is 11.3 Å². The number of nitrogens with one attached hydrogen (secondary N) is 2. The van der Waals surface area contributed by atoms with Gasteiger partial charge in [-0.15, -0.1) is 0 Å². The van der Waals surface area contributed by atoms with Crippen LogP contribution in [0, 0.1) is 0 Å². The fourth-order valence-electron chi connectivity index (χ4n) is 1.70. The predicted molar refractivity (Wildman–Crippen MR) is 78.5 cm³/mol. The van der Waals surface area contributed by atoms with Crippen molar-refractivity contribution in [2.24, 2.45) is 0 Å². The highest BCUT2D eigenvalue weighted by atomic mass is 16.5. The summed E-state index contributed by atoms with van der Waals surface area (Å²) in [5.74, 6) is -0.893. The van der Waals surface area contributed by atoms with Gasteiger partial charge in [-0.3, -0.25) is 0 Å². The van der Waals surface area contributed by atoms with Gasteiger partial charge in [0.25, 0.3) is 0 Å². The van der Waals surface area contributed by atoms with E-state index in [1.54, 1.807) is 24.3 Å². The Hall–Kier alpha value is -3.02. The van der Waals surface area contributed by atoms with Crippen LogP contribution in [0.3, 0.4) is 0 Å². The minimum atomic E-state index is -0.681. The van der Waals surface area contributed by atoms with Crippen molar-refractivity contribution in [3.8, 4) is 5.75 Å². The zero-order valence-corrected chi connectivity index (χ0v) is 11.3. The average Bonchev–Trinajstić information content (AvgIpc) is 2.49. The summed E-state index contributed by atoms with van der Waals surface area (Å²) in [4.78, 5) is 23.3. The smallest absolute Gasteiger partial charge is 0.341 e. The number of methoxy groups -OCH3 is 1. The number of ether oxygens (including phenoxy) is 1. The Morgan fingerprint density at radius 1 is 1.00 bits per heavy atom. The van der Waals surface area contributed by atoms with E-state index in [0.29, 0.717) is 11.4 Å². The second-order valence-electron chi connectivity index (χ2n) is 4.17. The van der Waals surface area contributed by atoms with Gasteiger partial charge >= 0.3 is 12.0 Å². The number of aromatic hydroxyl groups is 1. The molecular weight excluding hydrogens is 272 g/mol. The summed E-state index contributed by atoms with van der Waals surface area (Å²) in [5.41, 5.74) is 0.985. The lowest BCUT2D eigenvalue weighted by molar-refractivity contribution is 0.0597. The summed E-state index contributed by atoms with van der Waals surface area (Å²) in [6.07, 6.45) is 0. The fourth-order valence-corrected chi connectivity index (χ4v) is 1.70. The molecule has 0 atom stereocenters. The van der Waals surface area contributed by atoms with Crippen molar-refractivity contribution in [2.45, 2.75) is 0 Å². The van der Waals surface area contributed by atoms with Gasteiger partial charge in [0.2, 0.25) is 0 Å².